The van der Waals surface area contributed by atoms with Gasteiger partial charge in [-0.15, -0.1) is 0 Å². The van der Waals surface area contributed by atoms with Gasteiger partial charge in [-0.25, -0.2) is 0 Å². The van der Waals surface area contributed by atoms with E-state index in [9.17, 15) is 0 Å². The van der Waals surface area contributed by atoms with Crippen molar-refractivity contribution in [3.8, 4) is 0 Å². The molecule has 1 aliphatic rings. The molecule has 0 spiro atoms. The molecule has 0 bridgehead atoms. The second-order valence-corrected chi connectivity index (χ2v) is 5.25. The third-order valence-electron chi connectivity index (χ3n) is 3.21. The summed E-state index contributed by atoms with van der Waals surface area (Å²) in [7, 11) is 0. The molecule has 1 aliphatic heterocycles. The van der Waals surface area contributed by atoms with Crippen LogP contribution < -0.4 is 5.32 Å². The molecule has 1 saturated heterocycles. The van der Waals surface area contributed by atoms with E-state index in [0.29, 0.717) is 0 Å². The van der Waals surface area contributed by atoms with Crippen molar-refractivity contribution >= 4 is 0 Å². The normalized spacial score (nSPS) is 21.1. The van der Waals surface area contributed by atoms with E-state index in [0.717, 1.165) is 12.5 Å². The Morgan fingerprint density at radius 3 is 2.81 bits per heavy atom. The summed E-state index contributed by atoms with van der Waals surface area (Å²) in [4.78, 5) is 2.60. The fraction of sp³-hybridized carbons (Fsp3) is 0.857. The predicted molar refractivity (Wildman–Crippen MR) is 71.8 cm³/mol. The Balaban J connectivity index is 2.33. The summed E-state index contributed by atoms with van der Waals surface area (Å²) in [5.41, 5.74) is 1.43. The average molecular weight is 224 g/mol. The van der Waals surface area contributed by atoms with Crippen LogP contribution in [0.5, 0.6) is 0 Å². The van der Waals surface area contributed by atoms with Gasteiger partial charge in [-0.3, -0.25) is 4.90 Å². The quantitative estimate of drug-likeness (QED) is 0.698. The minimum Gasteiger partial charge on any atom is -0.316 e. The van der Waals surface area contributed by atoms with Crippen molar-refractivity contribution in [3.05, 3.63) is 11.6 Å². The van der Waals surface area contributed by atoms with Gasteiger partial charge in [0.1, 0.15) is 0 Å². The van der Waals surface area contributed by atoms with Crippen molar-refractivity contribution in [2.75, 3.05) is 32.7 Å². The summed E-state index contributed by atoms with van der Waals surface area (Å²) in [5, 5.41) is 3.51. The molecule has 1 fully saturated rings. The molecule has 0 amide bonds. The molecule has 1 unspecified atom stereocenters. The molecule has 0 aromatic carbocycles. The second-order valence-electron chi connectivity index (χ2n) is 5.25. The monoisotopic (exact) mass is 224 g/mol. The van der Waals surface area contributed by atoms with E-state index in [2.05, 4.69) is 37.1 Å². The molecule has 0 saturated carbocycles. The van der Waals surface area contributed by atoms with Gasteiger partial charge in [0, 0.05) is 13.1 Å². The smallest absolute Gasteiger partial charge is 0.0165 e. The van der Waals surface area contributed by atoms with Gasteiger partial charge in [0.05, 0.1) is 0 Å². The van der Waals surface area contributed by atoms with E-state index in [-0.39, 0.29) is 0 Å². The Morgan fingerprint density at radius 2 is 2.25 bits per heavy atom. The van der Waals surface area contributed by atoms with Crippen LogP contribution >= 0.6 is 0 Å². The fourth-order valence-electron chi connectivity index (χ4n) is 2.33. The van der Waals surface area contributed by atoms with Gasteiger partial charge in [0.2, 0.25) is 0 Å². The molecular weight excluding hydrogens is 196 g/mol. The molecule has 0 aromatic heterocycles. The lowest BCUT2D eigenvalue weighted by molar-refractivity contribution is 0.225. The Bertz CT molecular complexity index is 201. The predicted octanol–water partition coefficient (Wildman–Crippen LogP) is 2.66. The summed E-state index contributed by atoms with van der Waals surface area (Å²) >= 11 is 0. The maximum atomic E-state index is 3.51. The molecule has 1 atom stereocenters. The molecule has 0 aromatic rings. The van der Waals surface area contributed by atoms with Gasteiger partial charge in [-0.2, -0.15) is 0 Å². The summed E-state index contributed by atoms with van der Waals surface area (Å²) in [5.74, 6) is 0.867. The molecule has 1 rings (SSSR count). The minimum absolute atomic E-state index is 0.867. The van der Waals surface area contributed by atoms with Gasteiger partial charge in [0.25, 0.3) is 0 Å². The van der Waals surface area contributed by atoms with Gasteiger partial charge in [-0.1, -0.05) is 18.6 Å². The fourth-order valence-corrected chi connectivity index (χ4v) is 2.33. The van der Waals surface area contributed by atoms with E-state index < -0.39 is 0 Å². The highest BCUT2D eigenvalue weighted by molar-refractivity contribution is 4.95. The zero-order valence-corrected chi connectivity index (χ0v) is 11.3. The van der Waals surface area contributed by atoms with Crippen LogP contribution in [0.4, 0.5) is 0 Å². The minimum atomic E-state index is 0.867. The Kier molecular flexibility index (Phi) is 6.74. The number of nitrogens with zero attached hydrogens (tertiary/aromatic N) is 1. The topological polar surface area (TPSA) is 15.3 Å². The second kappa shape index (κ2) is 7.86. The van der Waals surface area contributed by atoms with Crippen LogP contribution in [0.2, 0.25) is 0 Å². The highest BCUT2D eigenvalue weighted by atomic mass is 15.1. The molecule has 0 aliphatic carbocycles. The molecule has 1 N–H and O–H groups in total. The van der Waals surface area contributed by atoms with Gasteiger partial charge < -0.3 is 5.32 Å². The first kappa shape index (κ1) is 13.7. The molecule has 2 heteroatoms. The van der Waals surface area contributed by atoms with Gasteiger partial charge in [0.15, 0.2) is 0 Å². The zero-order chi connectivity index (χ0) is 11.8. The summed E-state index contributed by atoms with van der Waals surface area (Å²) in [6.07, 6.45) is 6.37. The number of hydrogen-bond donors (Lipinski definition) is 1. The van der Waals surface area contributed by atoms with Crippen LogP contribution in [-0.4, -0.2) is 37.6 Å². The van der Waals surface area contributed by atoms with Crippen LogP contribution in [-0.2, 0) is 0 Å². The molecule has 1 heterocycles. The van der Waals surface area contributed by atoms with E-state index >= 15 is 0 Å². The standard InChI is InChI=1S/C14H28N2/c1-4-9-16(10-7-13(2)3)12-14-6-5-8-15-11-14/h7,14-15H,4-6,8-12H2,1-3H3. The van der Waals surface area contributed by atoms with Crippen molar-refractivity contribution in [1.82, 2.24) is 10.2 Å². The average Bonchev–Trinajstić information content (AvgIpc) is 2.27. The lowest BCUT2D eigenvalue weighted by Gasteiger charge is -2.29. The zero-order valence-electron chi connectivity index (χ0n) is 11.3. The molecule has 2 nitrogen and oxygen atoms in total. The van der Waals surface area contributed by atoms with Crippen LogP contribution in [0.1, 0.15) is 40.0 Å². The first-order chi connectivity index (χ1) is 7.72. The highest BCUT2D eigenvalue weighted by Crippen LogP contribution is 2.12. The largest absolute Gasteiger partial charge is 0.316 e. The van der Waals surface area contributed by atoms with E-state index in [4.69, 9.17) is 0 Å². The Hall–Kier alpha value is -0.340. The molecule has 0 radical (unpaired) electrons. The van der Waals surface area contributed by atoms with Crippen molar-refractivity contribution in [2.24, 2.45) is 5.92 Å². The van der Waals surface area contributed by atoms with Crippen LogP contribution in [0.3, 0.4) is 0 Å². The summed E-state index contributed by atoms with van der Waals surface area (Å²) in [6.45, 7) is 12.7. The maximum absolute atomic E-state index is 3.51. The summed E-state index contributed by atoms with van der Waals surface area (Å²) < 4.78 is 0. The summed E-state index contributed by atoms with van der Waals surface area (Å²) in [6, 6.07) is 0. The van der Waals surface area contributed by atoms with Crippen LogP contribution in [0.25, 0.3) is 0 Å². The number of piperidine rings is 1. The van der Waals surface area contributed by atoms with Crippen LogP contribution in [0.15, 0.2) is 11.6 Å². The van der Waals surface area contributed by atoms with Gasteiger partial charge in [-0.05, 0) is 58.7 Å². The number of nitrogens with one attached hydrogen (secondary N) is 1. The number of allylic oxidation sites excluding steroid dienone is 1. The highest BCUT2D eigenvalue weighted by Gasteiger charge is 2.15. The lowest BCUT2D eigenvalue weighted by Crippen LogP contribution is -2.38. The van der Waals surface area contributed by atoms with E-state index in [1.165, 1.54) is 51.0 Å². The van der Waals surface area contributed by atoms with E-state index in [1.807, 2.05) is 0 Å². The van der Waals surface area contributed by atoms with Crippen LogP contribution in [0, 0.1) is 5.92 Å². The van der Waals surface area contributed by atoms with E-state index in [1.54, 1.807) is 0 Å². The Labute approximate surface area is 101 Å². The lowest BCUT2D eigenvalue weighted by atomic mass is 9.99. The Morgan fingerprint density at radius 1 is 1.44 bits per heavy atom. The first-order valence-corrected chi connectivity index (χ1v) is 6.78. The first-order valence-electron chi connectivity index (χ1n) is 6.78. The molecular formula is C14H28N2. The number of rotatable bonds is 6. The molecule has 16 heavy (non-hydrogen) atoms. The maximum Gasteiger partial charge on any atom is 0.0165 e. The SMILES string of the molecule is CCCN(CC=C(C)C)CC1CCCNC1. The number of hydrogen-bond acceptors (Lipinski definition) is 2. The molecule has 94 valence electrons. The van der Waals surface area contributed by atoms with Crippen molar-refractivity contribution in [2.45, 2.75) is 40.0 Å². The van der Waals surface area contributed by atoms with Crippen molar-refractivity contribution in [3.63, 3.8) is 0 Å². The van der Waals surface area contributed by atoms with Crippen molar-refractivity contribution < 1.29 is 0 Å². The third kappa shape index (κ3) is 5.66. The third-order valence-corrected chi connectivity index (χ3v) is 3.21. The van der Waals surface area contributed by atoms with Gasteiger partial charge >= 0.3 is 0 Å². The van der Waals surface area contributed by atoms with Crippen molar-refractivity contribution in [1.29, 1.82) is 0 Å².